The van der Waals surface area contributed by atoms with Crippen LogP contribution in [0.1, 0.15) is 11.1 Å². The number of anilines is 1. The van der Waals surface area contributed by atoms with Gasteiger partial charge >= 0.3 is 0 Å². The second-order valence-electron chi connectivity index (χ2n) is 6.74. The van der Waals surface area contributed by atoms with Crippen LogP contribution >= 0.6 is 34.8 Å². The Kier molecular flexibility index (Phi) is 5.91. The summed E-state index contributed by atoms with van der Waals surface area (Å²) < 4.78 is 7.43. The number of aromatic nitrogens is 1. The minimum absolute atomic E-state index is 0.581. The quantitative estimate of drug-likeness (QED) is 0.338. The third-order valence-corrected chi connectivity index (χ3v) is 5.74. The van der Waals surface area contributed by atoms with E-state index in [1.165, 1.54) is 10.9 Å². The van der Waals surface area contributed by atoms with E-state index >= 15 is 0 Å². The Morgan fingerprint density at radius 2 is 1.72 bits per heavy atom. The molecule has 0 bridgehead atoms. The molecule has 0 spiro atoms. The number of para-hydroxylation sites is 1. The fraction of sp³-hybridized carbons (Fsp3) is 0.130. The van der Waals surface area contributed by atoms with Gasteiger partial charge in [-0.3, -0.25) is 0 Å². The Hall–Kier alpha value is -2.33. The Morgan fingerprint density at radius 3 is 2.48 bits per heavy atom. The van der Waals surface area contributed by atoms with Gasteiger partial charge in [0, 0.05) is 45.9 Å². The van der Waals surface area contributed by atoms with Crippen molar-refractivity contribution < 1.29 is 4.74 Å². The van der Waals surface area contributed by atoms with Gasteiger partial charge in [-0.05, 0) is 47.5 Å². The molecule has 1 heterocycles. The van der Waals surface area contributed by atoms with Crippen LogP contribution in [0.5, 0.6) is 5.75 Å². The monoisotopic (exact) mass is 444 g/mol. The molecule has 0 fully saturated rings. The van der Waals surface area contributed by atoms with Gasteiger partial charge in [0.1, 0.15) is 5.75 Å². The number of nitrogens with zero attached hydrogens (tertiary/aromatic N) is 1. The zero-order chi connectivity index (χ0) is 20.4. The highest BCUT2D eigenvalue weighted by Gasteiger charge is 2.11. The topological polar surface area (TPSA) is 26.2 Å². The summed E-state index contributed by atoms with van der Waals surface area (Å²) in [7, 11) is 1.61. The summed E-state index contributed by atoms with van der Waals surface area (Å²) in [6.07, 6.45) is 2.16. The number of hydrogen-bond donors (Lipinski definition) is 1. The van der Waals surface area contributed by atoms with Crippen molar-refractivity contribution in [3.63, 3.8) is 0 Å². The van der Waals surface area contributed by atoms with Crippen molar-refractivity contribution in [2.45, 2.75) is 13.1 Å². The first-order chi connectivity index (χ1) is 14.0. The molecule has 29 heavy (non-hydrogen) atoms. The molecule has 6 heteroatoms. The molecular formula is C23H19Cl3N2O. The standard InChI is InChI=1S/C23H19Cl3N2O/c1-29-23-9-8-18(11-21(23)26)27-12-16-14-28(22-5-3-2-4-19(16)22)13-15-6-7-17(24)10-20(15)25/h2-11,14,27H,12-13H2,1H3. The van der Waals surface area contributed by atoms with E-state index in [0.29, 0.717) is 33.9 Å². The third kappa shape index (κ3) is 4.32. The van der Waals surface area contributed by atoms with E-state index in [4.69, 9.17) is 39.5 Å². The Bertz CT molecular complexity index is 1170. The molecule has 3 nitrogen and oxygen atoms in total. The van der Waals surface area contributed by atoms with E-state index in [2.05, 4.69) is 34.3 Å². The highest BCUT2D eigenvalue weighted by Crippen LogP contribution is 2.29. The molecule has 0 aliphatic rings. The molecule has 0 saturated heterocycles. The summed E-state index contributed by atoms with van der Waals surface area (Å²) in [6.45, 7) is 1.34. The predicted molar refractivity (Wildman–Crippen MR) is 123 cm³/mol. The Balaban J connectivity index is 1.61. The number of benzene rings is 3. The lowest BCUT2D eigenvalue weighted by Gasteiger charge is -2.09. The van der Waals surface area contributed by atoms with Crippen LogP contribution in [0.15, 0.2) is 66.9 Å². The lowest BCUT2D eigenvalue weighted by atomic mass is 10.1. The molecule has 0 radical (unpaired) electrons. The number of fused-ring (bicyclic) bond motifs is 1. The summed E-state index contributed by atoms with van der Waals surface area (Å²) in [5.74, 6) is 0.661. The van der Waals surface area contributed by atoms with Gasteiger partial charge < -0.3 is 14.6 Å². The van der Waals surface area contributed by atoms with Crippen molar-refractivity contribution in [3.8, 4) is 5.75 Å². The number of hydrogen-bond acceptors (Lipinski definition) is 2. The van der Waals surface area contributed by atoms with Crippen molar-refractivity contribution in [1.29, 1.82) is 0 Å². The van der Waals surface area contributed by atoms with Gasteiger partial charge in [0.15, 0.2) is 0 Å². The van der Waals surface area contributed by atoms with Crippen LogP contribution in [-0.2, 0) is 13.1 Å². The van der Waals surface area contributed by atoms with E-state index in [-0.39, 0.29) is 0 Å². The first-order valence-corrected chi connectivity index (χ1v) is 10.3. The summed E-state index contributed by atoms with van der Waals surface area (Å²) in [4.78, 5) is 0. The molecule has 148 valence electrons. The lowest BCUT2D eigenvalue weighted by Crippen LogP contribution is -2.00. The fourth-order valence-corrected chi connectivity index (χ4v) is 4.13. The van der Waals surface area contributed by atoms with Crippen LogP contribution in [0.25, 0.3) is 10.9 Å². The van der Waals surface area contributed by atoms with E-state index < -0.39 is 0 Å². The molecule has 0 saturated carbocycles. The third-order valence-electron chi connectivity index (χ3n) is 4.86. The van der Waals surface area contributed by atoms with Crippen molar-refractivity contribution in [1.82, 2.24) is 4.57 Å². The van der Waals surface area contributed by atoms with Crippen LogP contribution in [0, 0.1) is 0 Å². The lowest BCUT2D eigenvalue weighted by molar-refractivity contribution is 0.415. The van der Waals surface area contributed by atoms with Crippen molar-refractivity contribution in [2.24, 2.45) is 0 Å². The summed E-state index contributed by atoms with van der Waals surface area (Å²) in [6, 6.07) is 19.6. The second-order valence-corrected chi connectivity index (χ2v) is 7.99. The fourth-order valence-electron chi connectivity index (χ4n) is 3.40. The van der Waals surface area contributed by atoms with Crippen molar-refractivity contribution >= 4 is 51.4 Å². The Morgan fingerprint density at radius 1 is 0.897 bits per heavy atom. The van der Waals surface area contributed by atoms with Gasteiger partial charge in [-0.1, -0.05) is 59.1 Å². The Labute approximate surface area is 184 Å². The maximum absolute atomic E-state index is 6.39. The zero-order valence-electron chi connectivity index (χ0n) is 15.8. The maximum Gasteiger partial charge on any atom is 0.137 e. The van der Waals surface area contributed by atoms with Gasteiger partial charge in [0.2, 0.25) is 0 Å². The number of ether oxygens (including phenoxy) is 1. The number of methoxy groups -OCH3 is 1. The molecule has 0 aliphatic carbocycles. The minimum atomic E-state index is 0.581. The molecule has 0 unspecified atom stereocenters. The molecule has 0 atom stereocenters. The molecule has 0 aliphatic heterocycles. The van der Waals surface area contributed by atoms with Gasteiger partial charge in [0.05, 0.1) is 12.1 Å². The van der Waals surface area contributed by atoms with Gasteiger partial charge in [-0.15, -0.1) is 0 Å². The average Bonchev–Trinajstić information content (AvgIpc) is 3.06. The predicted octanol–water partition coefficient (Wildman–Crippen LogP) is 7.27. The van der Waals surface area contributed by atoms with E-state index in [9.17, 15) is 0 Å². The molecule has 1 N–H and O–H groups in total. The van der Waals surface area contributed by atoms with E-state index in [0.717, 1.165) is 16.8 Å². The minimum Gasteiger partial charge on any atom is -0.495 e. The first-order valence-electron chi connectivity index (χ1n) is 9.13. The normalized spacial score (nSPS) is 11.0. The number of rotatable bonds is 6. The van der Waals surface area contributed by atoms with Crippen LogP contribution < -0.4 is 10.1 Å². The maximum atomic E-state index is 6.39. The van der Waals surface area contributed by atoms with Crippen molar-refractivity contribution in [3.05, 3.63) is 93.1 Å². The largest absolute Gasteiger partial charge is 0.495 e. The molecule has 1 aromatic heterocycles. The van der Waals surface area contributed by atoms with Crippen LogP contribution in [0.2, 0.25) is 15.1 Å². The average molecular weight is 446 g/mol. The molecule has 4 aromatic rings. The number of halogens is 3. The molecule has 4 rings (SSSR count). The smallest absolute Gasteiger partial charge is 0.137 e. The van der Waals surface area contributed by atoms with E-state index in [1.54, 1.807) is 13.2 Å². The number of nitrogens with one attached hydrogen (secondary N) is 1. The van der Waals surface area contributed by atoms with Crippen LogP contribution in [-0.4, -0.2) is 11.7 Å². The van der Waals surface area contributed by atoms with Gasteiger partial charge in [-0.2, -0.15) is 0 Å². The van der Waals surface area contributed by atoms with Crippen LogP contribution in [0.3, 0.4) is 0 Å². The SMILES string of the molecule is COc1ccc(NCc2cn(Cc3ccc(Cl)cc3Cl)c3ccccc23)cc1Cl. The molecule has 3 aromatic carbocycles. The summed E-state index contributed by atoms with van der Waals surface area (Å²) in [5, 5.41) is 6.53. The molecular weight excluding hydrogens is 427 g/mol. The summed E-state index contributed by atoms with van der Waals surface area (Å²) in [5.41, 5.74) is 4.31. The second kappa shape index (κ2) is 8.58. The first kappa shape index (κ1) is 20.0. The van der Waals surface area contributed by atoms with Gasteiger partial charge in [0.25, 0.3) is 0 Å². The van der Waals surface area contributed by atoms with Crippen LogP contribution in [0.4, 0.5) is 5.69 Å². The molecule has 0 amide bonds. The zero-order valence-corrected chi connectivity index (χ0v) is 18.0. The highest BCUT2D eigenvalue weighted by atomic mass is 35.5. The van der Waals surface area contributed by atoms with E-state index in [1.807, 2.05) is 36.4 Å². The summed E-state index contributed by atoms with van der Waals surface area (Å²) >= 11 is 18.7. The highest BCUT2D eigenvalue weighted by molar-refractivity contribution is 6.35. The van der Waals surface area contributed by atoms with Crippen molar-refractivity contribution in [2.75, 3.05) is 12.4 Å². The van der Waals surface area contributed by atoms with Gasteiger partial charge in [-0.25, -0.2) is 0 Å².